The van der Waals surface area contributed by atoms with Crippen LogP contribution >= 0.6 is 0 Å². The van der Waals surface area contributed by atoms with Crippen molar-refractivity contribution in [2.75, 3.05) is 6.54 Å². The van der Waals surface area contributed by atoms with E-state index >= 15 is 0 Å². The summed E-state index contributed by atoms with van der Waals surface area (Å²) in [5, 5.41) is 8.96. The molecule has 3 heteroatoms. The Balaban J connectivity index is 2.21. The fourth-order valence-electron chi connectivity index (χ4n) is 1.96. The van der Waals surface area contributed by atoms with Gasteiger partial charge in [0, 0.05) is 12.2 Å². The Morgan fingerprint density at radius 3 is 3.15 bits per heavy atom. The molecule has 0 amide bonds. The largest absolute Gasteiger partial charge is 0.479 e. The van der Waals surface area contributed by atoms with Crippen molar-refractivity contribution in [3.8, 4) is 0 Å². The summed E-state index contributed by atoms with van der Waals surface area (Å²) < 4.78 is 0. The van der Waals surface area contributed by atoms with E-state index in [1.807, 2.05) is 17.1 Å². The first-order chi connectivity index (χ1) is 6.29. The second kappa shape index (κ2) is 3.24. The molecule has 3 nitrogen and oxygen atoms in total. The highest BCUT2D eigenvalue weighted by Crippen LogP contribution is 2.26. The summed E-state index contributed by atoms with van der Waals surface area (Å²) in [6, 6.07) is -0.430. The van der Waals surface area contributed by atoms with Crippen LogP contribution in [0.2, 0.25) is 0 Å². The zero-order chi connectivity index (χ0) is 9.26. The first-order valence-corrected chi connectivity index (χ1v) is 4.66. The molecule has 0 aromatic carbocycles. The molecule has 0 saturated carbocycles. The monoisotopic (exact) mass is 179 g/mol. The van der Waals surface area contributed by atoms with Crippen molar-refractivity contribution in [2.45, 2.75) is 25.3 Å². The van der Waals surface area contributed by atoms with E-state index in [1.165, 1.54) is 12.1 Å². The van der Waals surface area contributed by atoms with Crippen molar-refractivity contribution in [1.29, 1.82) is 0 Å². The van der Waals surface area contributed by atoms with Crippen LogP contribution in [-0.4, -0.2) is 28.6 Å². The van der Waals surface area contributed by atoms with E-state index in [2.05, 4.69) is 0 Å². The van der Waals surface area contributed by atoms with Crippen molar-refractivity contribution < 1.29 is 9.90 Å². The third kappa shape index (κ3) is 1.46. The number of hydrogen-bond acceptors (Lipinski definition) is 2. The quantitative estimate of drug-likeness (QED) is 0.661. The molecule has 1 unspecified atom stereocenters. The predicted octanol–water partition coefficient (Wildman–Crippen LogP) is 1.38. The number of piperidine rings is 1. The molecule has 1 saturated heterocycles. The Kier molecular flexibility index (Phi) is 2.08. The van der Waals surface area contributed by atoms with Gasteiger partial charge in [-0.15, -0.1) is 0 Å². The molecule has 1 atom stereocenters. The zero-order valence-corrected chi connectivity index (χ0v) is 7.44. The van der Waals surface area contributed by atoms with Crippen LogP contribution < -0.4 is 0 Å². The molecule has 1 N–H and O–H groups in total. The van der Waals surface area contributed by atoms with Gasteiger partial charge < -0.3 is 10.0 Å². The normalized spacial score (nSPS) is 26.6. The van der Waals surface area contributed by atoms with Crippen LogP contribution in [0.25, 0.3) is 0 Å². The fraction of sp³-hybridized carbons (Fsp3) is 0.500. The van der Waals surface area contributed by atoms with E-state index in [9.17, 15) is 4.79 Å². The molecule has 2 rings (SSSR count). The Morgan fingerprint density at radius 2 is 2.38 bits per heavy atom. The molecule has 0 radical (unpaired) electrons. The molecular formula is C10H13NO2. The summed E-state index contributed by atoms with van der Waals surface area (Å²) in [4.78, 5) is 12.9. The summed E-state index contributed by atoms with van der Waals surface area (Å²) in [7, 11) is 0. The minimum absolute atomic E-state index is 0.430. The van der Waals surface area contributed by atoms with E-state index in [0.29, 0.717) is 0 Å². The van der Waals surface area contributed by atoms with Gasteiger partial charge in [-0.25, -0.2) is 4.79 Å². The molecule has 70 valence electrons. The van der Waals surface area contributed by atoms with Crippen molar-refractivity contribution in [2.24, 2.45) is 0 Å². The average Bonchev–Trinajstić information content (AvgIpc) is 2.17. The standard InChI is InChI=1S/C10H13NO2/c12-10(13)9-6-3-5-8-4-1-2-7-11(8)9/h3,5-6,9H,1-2,4,7H2,(H,12,13). The molecule has 2 heterocycles. The molecule has 1 fully saturated rings. The van der Waals surface area contributed by atoms with E-state index in [-0.39, 0.29) is 0 Å². The maximum atomic E-state index is 10.9. The lowest BCUT2D eigenvalue weighted by Gasteiger charge is -2.36. The highest BCUT2D eigenvalue weighted by atomic mass is 16.4. The highest BCUT2D eigenvalue weighted by molar-refractivity contribution is 5.76. The second-order valence-corrected chi connectivity index (χ2v) is 3.48. The molecule has 0 aromatic rings. The number of hydrogen-bond donors (Lipinski definition) is 1. The van der Waals surface area contributed by atoms with Gasteiger partial charge in [0.2, 0.25) is 0 Å². The van der Waals surface area contributed by atoms with E-state index in [1.54, 1.807) is 6.08 Å². The molecule has 0 spiro atoms. The SMILES string of the molecule is O=C(O)C1C=CC=C2CCCCN21. The van der Waals surface area contributed by atoms with E-state index in [4.69, 9.17) is 5.11 Å². The van der Waals surface area contributed by atoms with Crippen molar-refractivity contribution >= 4 is 5.97 Å². The van der Waals surface area contributed by atoms with Crippen LogP contribution in [0.4, 0.5) is 0 Å². The van der Waals surface area contributed by atoms with Gasteiger partial charge in [0.1, 0.15) is 6.04 Å². The molecule has 0 aromatic heterocycles. The lowest BCUT2D eigenvalue weighted by molar-refractivity contribution is -0.141. The molecule has 0 aliphatic carbocycles. The van der Waals surface area contributed by atoms with E-state index in [0.717, 1.165) is 19.4 Å². The van der Waals surface area contributed by atoms with Crippen LogP contribution in [0.15, 0.2) is 23.9 Å². The number of allylic oxidation sites excluding steroid dienone is 3. The van der Waals surface area contributed by atoms with Gasteiger partial charge in [-0.2, -0.15) is 0 Å². The topological polar surface area (TPSA) is 40.5 Å². The predicted molar refractivity (Wildman–Crippen MR) is 49.2 cm³/mol. The van der Waals surface area contributed by atoms with Gasteiger partial charge >= 0.3 is 5.97 Å². The first-order valence-electron chi connectivity index (χ1n) is 4.66. The number of rotatable bonds is 1. The Labute approximate surface area is 77.3 Å². The van der Waals surface area contributed by atoms with E-state index < -0.39 is 12.0 Å². The fourth-order valence-corrected chi connectivity index (χ4v) is 1.96. The van der Waals surface area contributed by atoms with Crippen molar-refractivity contribution in [1.82, 2.24) is 4.90 Å². The summed E-state index contributed by atoms with van der Waals surface area (Å²) >= 11 is 0. The molecule has 2 aliphatic rings. The van der Waals surface area contributed by atoms with Gasteiger partial charge in [0.05, 0.1) is 0 Å². The third-order valence-electron chi connectivity index (χ3n) is 2.62. The average molecular weight is 179 g/mol. The van der Waals surface area contributed by atoms with Gasteiger partial charge in [0.15, 0.2) is 0 Å². The highest BCUT2D eigenvalue weighted by Gasteiger charge is 2.28. The third-order valence-corrected chi connectivity index (χ3v) is 2.62. The van der Waals surface area contributed by atoms with Gasteiger partial charge in [-0.1, -0.05) is 12.2 Å². The minimum Gasteiger partial charge on any atom is -0.479 e. The maximum Gasteiger partial charge on any atom is 0.330 e. The summed E-state index contributed by atoms with van der Waals surface area (Å²) in [6.07, 6.45) is 8.94. The lowest BCUT2D eigenvalue weighted by atomic mass is 10.0. The van der Waals surface area contributed by atoms with Crippen molar-refractivity contribution in [3.63, 3.8) is 0 Å². The van der Waals surface area contributed by atoms with Crippen molar-refractivity contribution in [3.05, 3.63) is 23.9 Å². The van der Waals surface area contributed by atoms with Gasteiger partial charge in [-0.05, 0) is 25.3 Å². The smallest absolute Gasteiger partial charge is 0.330 e. The summed E-state index contributed by atoms with van der Waals surface area (Å²) in [5.41, 5.74) is 1.18. The second-order valence-electron chi connectivity index (χ2n) is 3.48. The zero-order valence-electron chi connectivity index (χ0n) is 7.44. The molecule has 0 bridgehead atoms. The van der Waals surface area contributed by atoms with Crippen LogP contribution in [0.3, 0.4) is 0 Å². The summed E-state index contributed by atoms with van der Waals surface area (Å²) in [5.74, 6) is -0.747. The van der Waals surface area contributed by atoms with Crippen LogP contribution in [0.1, 0.15) is 19.3 Å². The van der Waals surface area contributed by atoms with Gasteiger partial charge in [0.25, 0.3) is 0 Å². The number of aliphatic carboxylic acids is 1. The summed E-state index contributed by atoms with van der Waals surface area (Å²) in [6.45, 7) is 0.882. The Bertz CT molecular complexity index is 281. The number of carboxylic acids is 1. The van der Waals surface area contributed by atoms with Gasteiger partial charge in [-0.3, -0.25) is 0 Å². The maximum absolute atomic E-state index is 10.9. The first kappa shape index (κ1) is 8.35. The van der Waals surface area contributed by atoms with Crippen LogP contribution in [-0.2, 0) is 4.79 Å². The molecular weight excluding hydrogens is 166 g/mol. The number of carboxylic acid groups (broad SMARTS) is 1. The minimum atomic E-state index is -0.747. The lowest BCUT2D eigenvalue weighted by Crippen LogP contribution is -2.42. The molecule has 2 aliphatic heterocycles. The number of nitrogens with zero attached hydrogens (tertiary/aromatic N) is 1. The molecule has 13 heavy (non-hydrogen) atoms. The number of fused-ring (bicyclic) bond motifs is 1. The van der Waals surface area contributed by atoms with Crippen LogP contribution in [0.5, 0.6) is 0 Å². The Morgan fingerprint density at radius 1 is 1.54 bits per heavy atom. The number of carbonyl (C=O) groups is 1. The van der Waals surface area contributed by atoms with Crippen LogP contribution in [0, 0.1) is 0 Å². The Hall–Kier alpha value is -1.25.